The summed E-state index contributed by atoms with van der Waals surface area (Å²) in [5.41, 5.74) is 24.1. The molecule has 1 aromatic heterocycles. The molecule has 0 fully saturated rings. The average Bonchev–Trinajstić information content (AvgIpc) is 1.35. The standard InChI is InChI=1S/C108H80BN3/c1-107(2,3)83-64-93(71-31-15-9-16-32-71)106(94(65-83)72-33-17-10-18-34-72)112-101-68-85(110-98-44-24-23-41-92(98)95-62-77(51-57-99(95)110)70-29-13-8-14-30-70)53-56-96(101)109-97-63-78(76-38-25-37-75(59-76)69-27-11-7-12-28-69)52-58-100(97)111(102-66-84(108(4,5)6)67-103(112)104(102)109)105-90(81-49-54-88-79(60-81)47-45-73-35-19-21-39-86(73)88)42-26-43-91(105)82-50-55-89-80(61-82)48-46-74-36-20-22-40-87(74)89/h7-68H,1-6H3/i23D,24D,41D,44D,51D,57D,62D. The summed E-state index contributed by atoms with van der Waals surface area (Å²) in [4.78, 5) is 5.12. The molecule has 21 rings (SSSR count). The van der Waals surface area contributed by atoms with Crippen LogP contribution in [0.3, 0.4) is 0 Å². The molecule has 3 nitrogen and oxygen atoms in total. The quantitative estimate of drug-likeness (QED) is 0.0999. The van der Waals surface area contributed by atoms with Gasteiger partial charge in [-0.3, -0.25) is 0 Å². The van der Waals surface area contributed by atoms with Crippen molar-refractivity contribution in [3.63, 3.8) is 0 Å². The first-order chi connectivity index (χ1) is 57.7. The van der Waals surface area contributed by atoms with E-state index in [0.29, 0.717) is 11.3 Å². The third-order valence-corrected chi connectivity index (χ3v) is 23.4. The van der Waals surface area contributed by atoms with Crippen molar-refractivity contribution in [3.8, 4) is 83.6 Å². The number of rotatable bonds is 10. The van der Waals surface area contributed by atoms with Gasteiger partial charge in [0.25, 0.3) is 6.71 Å². The van der Waals surface area contributed by atoms with Crippen molar-refractivity contribution in [2.24, 2.45) is 0 Å². The third kappa shape index (κ3) is 11.0. The minimum atomic E-state index is -0.513. The van der Waals surface area contributed by atoms with Crippen LogP contribution in [-0.4, -0.2) is 11.3 Å². The summed E-state index contributed by atoms with van der Waals surface area (Å²) in [7, 11) is 0. The van der Waals surface area contributed by atoms with Gasteiger partial charge in [-0.2, -0.15) is 0 Å². The van der Waals surface area contributed by atoms with Crippen LogP contribution in [-0.2, 0) is 10.8 Å². The fourth-order valence-electron chi connectivity index (χ4n) is 17.8. The smallest absolute Gasteiger partial charge is 0.252 e. The molecule has 4 heteroatoms. The summed E-state index contributed by atoms with van der Waals surface area (Å²) in [6.07, 6.45) is 0. The summed E-state index contributed by atoms with van der Waals surface area (Å²) in [6, 6.07) is 118. The second-order valence-corrected chi connectivity index (χ2v) is 32.2. The van der Waals surface area contributed by atoms with Gasteiger partial charge in [-0.1, -0.05) is 339 Å². The van der Waals surface area contributed by atoms with Crippen LogP contribution in [0.15, 0.2) is 376 Å². The molecule has 2 aliphatic rings. The predicted octanol–water partition coefficient (Wildman–Crippen LogP) is 27.7. The first-order valence-corrected chi connectivity index (χ1v) is 38.8. The van der Waals surface area contributed by atoms with Gasteiger partial charge in [0.2, 0.25) is 0 Å². The fourth-order valence-corrected chi connectivity index (χ4v) is 17.8. The normalized spacial score (nSPS) is 13.6. The topological polar surface area (TPSA) is 11.4 Å². The molecule has 2 aliphatic heterocycles. The summed E-state index contributed by atoms with van der Waals surface area (Å²) >= 11 is 0. The van der Waals surface area contributed by atoms with Gasteiger partial charge in [0.1, 0.15) is 0 Å². The SMILES string of the molecule is [2H]c1c([2H])c([2H])c2c(c1[2H])c1c([2H])c(-c3ccccc3)c([2H])c([2H])c1n2-c1ccc2c(c1)N(c1c(-c3ccccc3)cc(C(C)(C)C)cc1-c1ccccc1)c1cc(C(C)(C)C)cc3c1B2c1cc(-c2cccc(-c4ccccc4)c2)ccc1N3c1c(-c2ccc3c(ccc4ccccc43)c2)cccc1-c1ccc2c(ccc3ccccc32)c1. The molecule has 3 heterocycles. The molecule has 112 heavy (non-hydrogen) atoms. The Balaban J connectivity index is 0.933. The van der Waals surface area contributed by atoms with Crippen molar-refractivity contribution in [2.45, 2.75) is 52.4 Å². The predicted molar refractivity (Wildman–Crippen MR) is 480 cm³/mol. The molecule has 0 saturated carbocycles. The molecule has 19 aromatic rings. The molecule has 0 amide bonds. The van der Waals surface area contributed by atoms with Crippen LogP contribution in [0, 0.1) is 0 Å². The van der Waals surface area contributed by atoms with Crippen molar-refractivity contribution in [1.82, 2.24) is 4.57 Å². The molecule has 0 aliphatic carbocycles. The van der Waals surface area contributed by atoms with Gasteiger partial charge in [0.15, 0.2) is 0 Å². The summed E-state index contributed by atoms with van der Waals surface area (Å²) in [5, 5.41) is 9.66. The number of benzene rings is 18. The summed E-state index contributed by atoms with van der Waals surface area (Å²) in [5.74, 6) is 0. The van der Waals surface area contributed by atoms with Gasteiger partial charge in [0, 0.05) is 61.5 Å². The van der Waals surface area contributed by atoms with E-state index in [1.54, 1.807) is 4.57 Å². The average molecular weight is 1440 g/mol. The maximum absolute atomic E-state index is 10.4. The number of fused-ring (bicyclic) bond motifs is 13. The maximum Gasteiger partial charge on any atom is 0.252 e. The Hall–Kier alpha value is -13.5. The maximum atomic E-state index is 10.4. The first-order valence-electron chi connectivity index (χ1n) is 42.3. The Bertz CT molecular complexity index is 7280. The van der Waals surface area contributed by atoms with E-state index in [2.05, 4.69) is 349 Å². The highest BCUT2D eigenvalue weighted by atomic mass is 15.2. The highest BCUT2D eigenvalue weighted by Gasteiger charge is 2.46. The van der Waals surface area contributed by atoms with E-state index in [0.717, 1.165) is 139 Å². The summed E-state index contributed by atoms with van der Waals surface area (Å²) in [6.45, 7) is 13.2. The molecule has 0 unspecified atom stereocenters. The molecule has 0 bridgehead atoms. The zero-order valence-electron chi connectivity index (χ0n) is 70.2. The van der Waals surface area contributed by atoms with Gasteiger partial charge >= 0.3 is 0 Å². The lowest BCUT2D eigenvalue weighted by Gasteiger charge is -2.46. The highest BCUT2D eigenvalue weighted by Crippen LogP contribution is 2.56. The monoisotopic (exact) mass is 1440 g/mol. The van der Waals surface area contributed by atoms with Gasteiger partial charge in [-0.25, -0.2) is 0 Å². The Labute approximate surface area is 665 Å². The van der Waals surface area contributed by atoms with E-state index in [1.807, 2.05) is 36.4 Å². The molecular weight excluding hydrogens is 1350 g/mol. The van der Waals surface area contributed by atoms with Crippen molar-refractivity contribution in [2.75, 3.05) is 9.80 Å². The number of aromatic nitrogens is 1. The number of para-hydroxylation sites is 2. The molecule has 0 radical (unpaired) electrons. The van der Waals surface area contributed by atoms with Crippen LogP contribution in [0.1, 0.15) is 62.3 Å². The zero-order chi connectivity index (χ0) is 81.2. The van der Waals surface area contributed by atoms with Crippen LogP contribution in [0.25, 0.3) is 148 Å². The molecule has 530 valence electrons. The Morgan fingerprint density at radius 1 is 0.268 bits per heavy atom. The second-order valence-electron chi connectivity index (χ2n) is 32.2. The Morgan fingerprint density at radius 2 is 0.723 bits per heavy atom. The number of nitrogens with zero attached hydrogens (tertiary/aromatic N) is 3. The van der Waals surface area contributed by atoms with Crippen LogP contribution < -0.4 is 26.2 Å². The van der Waals surface area contributed by atoms with Gasteiger partial charge in [-0.05, 0) is 216 Å². The first kappa shape index (κ1) is 59.4. The molecular formula is C108H80BN3. The van der Waals surface area contributed by atoms with E-state index < -0.39 is 24.2 Å². The Morgan fingerprint density at radius 3 is 1.31 bits per heavy atom. The van der Waals surface area contributed by atoms with Gasteiger partial charge in [-0.15, -0.1) is 0 Å². The molecule has 0 N–H and O–H groups in total. The van der Waals surface area contributed by atoms with Crippen LogP contribution in [0.2, 0.25) is 0 Å². The van der Waals surface area contributed by atoms with E-state index >= 15 is 0 Å². The minimum absolute atomic E-state index is 0.0997. The molecule has 0 saturated heterocycles. The third-order valence-electron chi connectivity index (χ3n) is 23.4. The van der Waals surface area contributed by atoms with Crippen LogP contribution in [0.4, 0.5) is 34.1 Å². The number of hydrogen-bond acceptors (Lipinski definition) is 2. The van der Waals surface area contributed by atoms with Gasteiger partial charge < -0.3 is 14.4 Å². The van der Waals surface area contributed by atoms with Crippen molar-refractivity contribution in [3.05, 3.63) is 387 Å². The van der Waals surface area contributed by atoms with Crippen LogP contribution in [0.5, 0.6) is 0 Å². The van der Waals surface area contributed by atoms with E-state index in [-0.39, 0.29) is 63.0 Å². The number of hydrogen-bond donors (Lipinski definition) is 0. The molecule has 0 atom stereocenters. The molecule has 18 aromatic carbocycles. The second kappa shape index (κ2) is 26.1. The van der Waals surface area contributed by atoms with Crippen molar-refractivity contribution >= 4 is 122 Å². The lowest BCUT2D eigenvalue weighted by Crippen LogP contribution is -2.61. The lowest BCUT2D eigenvalue weighted by molar-refractivity contribution is 0.590. The van der Waals surface area contributed by atoms with Crippen LogP contribution >= 0.6 is 0 Å². The molecule has 0 spiro atoms. The van der Waals surface area contributed by atoms with E-state index in [1.165, 1.54) is 32.3 Å². The van der Waals surface area contributed by atoms with Crippen molar-refractivity contribution in [1.29, 1.82) is 0 Å². The lowest BCUT2D eigenvalue weighted by atomic mass is 9.33. The minimum Gasteiger partial charge on any atom is -0.310 e. The highest BCUT2D eigenvalue weighted by molar-refractivity contribution is 7.00. The summed E-state index contributed by atoms with van der Waals surface area (Å²) < 4.78 is 71.3. The Kier molecular flexibility index (Phi) is 13.8. The van der Waals surface area contributed by atoms with Gasteiger partial charge in [0.05, 0.1) is 32.0 Å². The van der Waals surface area contributed by atoms with E-state index in [4.69, 9.17) is 0 Å². The largest absolute Gasteiger partial charge is 0.310 e. The fraction of sp³-hybridized carbons (Fsp3) is 0.0741. The zero-order valence-corrected chi connectivity index (χ0v) is 63.2. The number of anilines is 6. The van der Waals surface area contributed by atoms with Crippen molar-refractivity contribution < 1.29 is 9.60 Å². The van der Waals surface area contributed by atoms with E-state index in [9.17, 15) is 9.60 Å².